The lowest BCUT2D eigenvalue weighted by molar-refractivity contribution is -0.452. The minimum atomic E-state index is -1.07. The molecule has 2 aromatic rings. The summed E-state index contributed by atoms with van der Waals surface area (Å²) in [6.45, 7) is 4.65. The number of unbranched alkanes of at least 4 members (excludes halogenated alkanes) is 13. The van der Waals surface area contributed by atoms with Gasteiger partial charge in [-0.25, -0.2) is 29.0 Å². The van der Waals surface area contributed by atoms with E-state index in [0.29, 0.717) is 12.8 Å². The topological polar surface area (TPSA) is 142 Å². The number of hydrogen-bond donors (Lipinski definition) is 0. The van der Waals surface area contributed by atoms with Crippen LogP contribution >= 0.6 is 0 Å². The predicted molar refractivity (Wildman–Crippen MR) is 183 cm³/mol. The molecule has 2 aromatic carbocycles. The molecular weight excluding hydrogens is 648 g/mol. The second kappa shape index (κ2) is 27.6. The van der Waals surface area contributed by atoms with E-state index in [-0.39, 0.29) is 24.3 Å². The van der Waals surface area contributed by atoms with E-state index < -0.39 is 24.2 Å². The number of rotatable bonds is 27. The van der Waals surface area contributed by atoms with Gasteiger partial charge in [0.25, 0.3) is 0 Å². The van der Waals surface area contributed by atoms with Crippen molar-refractivity contribution in [2.75, 3.05) is 13.2 Å². The second-order valence-electron chi connectivity index (χ2n) is 12.1. The van der Waals surface area contributed by atoms with Crippen molar-refractivity contribution < 1.29 is 58.3 Å². The quantitative estimate of drug-likeness (QED) is 0.0378. The van der Waals surface area contributed by atoms with Gasteiger partial charge < -0.3 is 9.47 Å². The molecule has 0 aromatic heterocycles. The third kappa shape index (κ3) is 20.4. The summed E-state index contributed by atoms with van der Waals surface area (Å²) >= 11 is 0. The first-order chi connectivity index (χ1) is 24.4. The van der Waals surface area contributed by atoms with Gasteiger partial charge in [0, 0.05) is 0 Å². The highest BCUT2D eigenvalue weighted by atomic mass is 17.5. The van der Waals surface area contributed by atoms with Crippen LogP contribution in [0.4, 0.5) is 9.59 Å². The van der Waals surface area contributed by atoms with Crippen LogP contribution in [0, 0.1) is 0 Å². The fraction of sp³-hybridized carbons (Fsp3) is 0.579. The number of ether oxygens (including phenoxy) is 2. The highest BCUT2D eigenvalue weighted by Crippen LogP contribution is 2.13. The lowest BCUT2D eigenvalue weighted by Gasteiger charge is -2.06. The van der Waals surface area contributed by atoms with E-state index in [0.717, 1.165) is 114 Å². The minimum absolute atomic E-state index is 0.177. The van der Waals surface area contributed by atoms with Crippen molar-refractivity contribution in [3.8, 4) is 0 Å². The summed E-state index contributed by atoms with van der Waals surface area (Å²) in [7, 11) is 0. The first-order valence-electron chi connectivity index (χ1n) is 18.0. The van der Waals surface area contributed by atoms with Gasteiger partial charge in [-0.15, -0.1) is 0 Å². The van der Waals surface area contributed by atoms with E-state index in [1.165, 1.54) is 0 Å². The van der Waals surface area contributed by atoms with Crippen molar-refractivity contribution >= 4 is 24.2 Å². The van der Waals surface area contributed by atoms with Crippen molar-refractivity contribution in [3.05, 3.63) is 70.8 Å². The average molecular weight is 703 g/mol. The van der Waals surface area contributed by atoms with Crippen molar-refractivity contribution in [3.63, 3.8) is 0 Å². The SMILES string of the molecule is CCCCCc1ccc(C(=O)OOOC(=O)OCCCCCCCCCCCCOC(=O)OOOC(=O)c2ccc(CCCCC)cc2)cc1. The van der Waals surface area contributed by atoms with Crippen LogP contribution in [-0.4, -0.2) is 37.5 Å². The largest absolute Gasteiger partial charge is 0.543 e. The first kappa shape index (κ1) is 42.0. The molecule has 0 saturated carbocycles. The Bertz CT molecular complexity index is 1120. The lowest BCUT2D eigenvalue weighted by Crippen LogP contribution is -2.12. The first-order valence-corrected chi connectivity index (χ1v) is 18.0. The minimum Gasteiger partial charge on any atom is -0.432 e. The maximum atomic E-state index is 12.0. The Balaban J connectivity index is 1.33. The maximum absolute atomic E-state index is 12.0. The molecule has 0 fully saturated rings. The van der Waals surface area contributed by atoms with Crippen LogP contribution in [0.1, 0.15) is 148 Å². The van der Waals surface area contributed by atoms with Crippen LogP contribution in [0.25, 0.3) is 0 Å². The van der Waals surface area contributed by atoms with Gasteiger partial charge in [0.05, 0.1) is 34.4 Å². The molecule has 12 heteroatoms. The molecule has 0 heterocycles. The summed E-state index contributed by atoms with van der Waals surface area (Å²) in [5.41, 5.74) is 2.85. The van der Waals surface area contributed by atoms with E-state index >= 15 is 0 Å². The second-order valence-corrected chi connectivity index (χ2v) is 12.1. The zero-order chi connectivity index (χ0) is 36.1. The number of benzene rings is 2. The van der Waals surface area contributed by atoms with E-state index in [1.54, 1.807) is 24.3 Å². The fourth-order valence-corrected chi connectivity index (χ4v) is 5.00. The Labute approximate surface area is 295 Å². The summed E-state index contributed by atoms with van der Waals surface area (Å²) in [6.07, 6.45) is 16.1. The number of carbonyl (C=O) groups is 4. The molecule has 0 bridgehead atoms. The van der Waals surface area contributed by atoms with Crippen LogP contribution in [0.5, 0.6) is 0 Å². The average Bonchev–Trinajstić information content (AvgIpc) is 3.12. The zero-order valence-electron chi connectivity index (χ0n) is 29.7. The molecule has 0 atom stereocenters. The van der Waals surface area contributed by atoms with Gasteiger partial charge in [-0.05, 0) is 73.9 Å². The molecule has 0 radical (unpaired) electrons. The van der Waals surface area contributed by atoms with Crippen molar-refractivity contribution in [2.45, 2.75) is 129 Å². The molecule has 0 aliphatic carbocycles. The molecule has 50 heavy (non-hydrogen) atoms. The molecule has 0 saturated heterocycles. The van der Waals surface area contributed by atoms with Crippen LogP contribution in [0.15, 0.2) is 48.5 Å². The number of hydrogen-bond acceptors (Lipinski definition) is 12. The molecule has 0 amide bonds. The van der Waals surface area contributed by atoms with Crippen LogP contribution < -0.4 is 0 Å². The highest BCUT2D eigenvalue weighted by molar-refractivity contribution is 5.89. The molecule has 0 spiro atoms. The summed E-state index contributed by atoms with van der Waals surface area (Å²) in [6, 6.07) is 14.0. The summed E-state index contributed by atoms with van der Waals surface area (Å²) in [5, 5.41) is 8.54. The van der Waals surface area contributed by atoms with Gasteiger partial charge >= 0.3 is 24.2 Å². The van der Waals surface area contributed by atoms with Gasteiger partial charge in [-0.2, -0.15) is 0 Å². The Hall–Kier alpha value is -4.16. The third-order valence-corrected chi connectivity index (χ3v) is 7.92. The molecular formula is C38H54O12. The molecule has 2 rings (SSSR count). The predicted octanol–water partition coefficient (Wildman–Crippen LogP) is 10.1. The monoisotopic (exact) mass is 702 g/mol. The van der Waals surface area contributed by atoms with Crippen LogP contribution in [-0.2, 0) is 51.9 Å². The van der Waals surface area contributed by atoms with Gasteiger partial charge in [-0.3, -0.25) is 9.78 Å². The summed E-state index contributed by atoms with van der Waals surface area (Å²) < 4.78 is 9.83. The molecule has 0 N–H and O–H groups in total. The number of aryl methyl sites for hydroxylation is 2. The van der Waals surface area contributed by atoms with E-state index in [1.807, 2.05) is 24.3 Å². The van der Waals surface area contributed by atoms with Gasteiger partial charge in [0.2, 0.25) is 0 Å². The molecule has 0 aliphatic heterocycles. The van der Waals surface area contributed by atoms with E-state index in [2.05, 4.69) is 43.5 Å². The van der Waals surface area contributed by atoms with Gasteiger partial charge in [0.1, 0.15) is 0 Å². The standard InChI is InChI=1S/C38H54O12/c1-3-5-15-19-31-21-25-33(26-22-31)35(39)45-49-47-37(41)43-29-17-13-11-9-7-8-10-12-14-18-30-44-38(42)48-50-46-36(40)34-27-23-32(24-28-34)20-16-6-4-2/h21-28H,3-20,29-30H2,1-2H3. The molecule has 12 nitrogen and oxygen atoms in total. The van der Waals surface area contributed by atoms with Crippen molar-refractivity contribution in [1.82, 2.24) is 0 Å². The van der Waals surface area contributed by atoms with E-state index in [4.69, 9.17) is 9.47 Å². The Morgan fingerprint density at radius 1 is 0.420 bits per heavy atom. The van der Waals surface area contributed by atoms with Crippen molar-refractivity contribution in [1.29, 1.82) is 0 Å². The maximum Gasteiger partial charge on any atom is 0.543 e. The molecule has 0 unspecified atom stereocenters. The highest BCUT2D eigenvalue weighted by Gasteiger charge is 2.13. The smallest absolute Gasteiger partial charge is 0.432 e. The lowest BCUT2D eigenvalue weighted by atomic mass is 10.1. The number of carbonyl (C=O) groups excluding carboxylic acids is 4. The van der Waals surface area contributed by atoms with Crippen molar-refractivity contribution in [2.24, 2.45) is 0 Å². The van der Waals surface area contributed by atoms with E-state index in [9.17, 15) is 19.2 Å². The normalized spacial score (nSPS) is 10.7. The zero-order valence-corrected chi connectivity index (χ0v) is 29.7. The molecule has 278 valence electrons. The fourth-order valence-electron chi connectivity index (χ4n) is 5.00. The summed E-state index contributed by atoms with van der Waals surface area (Å²) in [5.74, 6) is -1.54. The van der Waals surface area contributed by atoms with Gasteiger partial charge in [0.15, 0.2) is 0 Å². The Kier molecular flexibility index (Phi) is 23.2. The third-order valence-electron chi connectivity index (χ3n) is 7.92. The van der Waals surface area contributed by atoms with Crippen LogP contribution in [0.3, 0.4) is 0 Å². The Morgan fingerprint density at radius 3 is 1.10 bits per heavy atom. The molecule has 0 aliphatic rings. The van der Waals surface area contributed by atoms with Crippen LogP contribution in [0.2, 0.25) is 0 Å². The van der Waals surface area contributed by atoms with Gasteiger partial charge in [-0.1, -0.05) is 115 Å². The summed E-state index contributed by atoms with van der Waals surface area (Å²) in [4.78, 5) is 64.9. The Morgan fingerprint density at radius 2 is 0.760 bits per heavy atom.